The number of rotatable bonds is 3. The van der Waals surface area contributed by atoms with E-state index in [2.05, 4.69) is 20.9 Å². The number of hydrogen-bond acceptors (Lipinski definition) is 3. The third-order valence-electron chi connectivity index (χ3n) is 1.67. The summed E-state index contributed by atoms with van der Waals surface area (Å²) in [6.07, 6.45) is -0.457. The van der Waals surface area contributed by atoms with Crippen LogP contribution in [0.4, 0.5) is 0 Å². The first-order valence-electron chi connectivity index (χ1n) is 3.76. The topological polar surface area (TPSA) is 73.3 Å². The predicted octanol–water partition coefficient (Wildman–Crippen LogP) is 0.164. The Morgan fingerprint density at radius 1 is 1.46 bits per heavy atom. The monoisotopic (exact) mass is 247 g/mol. The summed E-state index contributed by atoms with van der Waals surface area (Å²) >= 11 is 3.05. The van der Waals surface area contributed by atoms with Crippen molar-refractivity contribution >= 4 is 15.9 Å². The summed E-state index contributed by atoms with van der Waals surface area (Å²) < 4.78 is 0. The van der Waals surface area contributed by atoms with Gasteiger partial charge in [-0.3, -0.25) is 4.79 Å². The molecule has 0 aliphatic carbocycles. The minimum absolute atomic E-state index is 0.232. The normalized spacial score (nSPS) is 15.3. The average Bonchev–Trinajstić information content (AvgIpc) is 2.17. The lowest BCUT2D eigenvalue weighted by Gasteiger charge is -2.14. The molecule has 0 saturated carbocycles. The molecular weight excluding hydrogens is 238 g/mol. The van der Waals surface area contributed by atoms with Crippen LogP contribution in [0.3, 0.4) is 0 Å². The van der Waals surface area contributed by atoms with Gasteiger partial charge in [0.2, 0.25) is 5.56 Å². The zero-order chi connectivity index (χ0) is 9.84. The first-order chi connectivity index (χ1) is 6.15. The lowest BCUT2D eigenvalue weighted by Crippen LogP contribution is -2.20. The van der Waals surface area contributed by atoms with Crippen LogP contribution < -0.4 is 5.56 Å². The van der Waals surface area contributed by atoms with Crippen molar-refractivity contribution in [2.75, 3.05) is 5.33 Å². The Morgan fingerprint density at radius 2 is 2.15 bits per heavy atom. The molecule has 0 aromatic carbocycles. The summed E-state index contributed by atoms with van der Waals surface area (Å²) in [4.78, 5) is 13.1. The maximum atomic E-state index is 10.7. The molecule has 1 aromatic rings. The highest BCUT2D eigenvalue weighted by Gasteiger charge is 2.16. The van der Waals surface area contributed by atoms with Crippen molar-refractivity contribution in [1.82, 2.24) is 4.98 Å². The van der Waals surface area contributed by atoms with Gasteiger partial charge in [-0.25, -0.2) is 0 Å². The number of aliphatic hydroxyl groups excluding tert-OH is 2. The Kier molecular flexibility index (Phi) is 3.65. The molecule has 1 aromatic heterocycles. The SMILES string of the molecule is O=c1ccc(C(O)C(O)CBr)c[nH]1. The lowest BCUT2D eigenvalue weighted by molar-refractivity contribution is 0.0340. The van der Waals surface area contributed by atoms with Gasteiger partial charge in [-0.1, -0.05) is 15.9 Å². The van der Waals surface area contributed by atoms with Gasteiger partial charge >= 0.3 is 0 Å². The van der Waals surface area contributed by atoms with Crippen molar-refractivity contribution < 1.29 is 10.2 Å². The second-order valence-electron chi connectivity index (χ2n) is 2.65. The Labute approximate surface area is 83.4 Å². The molecule has 0 saturated heterocycles. The number of aromatic amines is 1. The maximum absolute atomic E-state index is 10.7. The number of pyridine rings is 1. The van der Waals surface area contributed by atoms with E-state index in [9.17, 15) is 15.0 Å². The molecular formula is C8H10BrNO3. The second-order valence-corrected chi connectivity index (χ2v) is 3.30. The molecule has 5 heteroatoms. The summed E-state index contributed by atoms with van der Waals surface area (Å²) in [7, 11) is 0. The molecule has 0 aliphatic heterocycles. The van der Waals surface area contributed by atoms with E-state index in [1.165, 1.54) is 18.3 Å². The minimum Gasteiger partial charge on any atom is -0.389 e. The highest BCUT2D eigenvalue weighted by molar-refractivity contribution is 9.09. The van der Waals surface area contributed by atoms with E-state index < -0.39 is 12.2 Å². The van der Waals surface area contributed by atoms with Crippen LogP contribution in [0.1, 0.15) is 11.7 Å². The minimum atomic E-state index is -0.976. The van der Waals surface area contributed by atoms with Crippen molar-refractivity contribution in [1.29, 1.82) is 0 Å². The van der Waals surface area contributed by atoms with Crippen LogP contribution in [0.5, 0.6) is 0 Å². The third kappa shape index (κ3) is 2.65. The van der Waals surface area contributed by atoms with Gasteiger partial charge in [-0.2, -0.15) is 0 Å². The van der Waals surface area contributed by atoms with E-state index in [1.54, 1.807) is 0 Å². The van der Waals surface area contributed by atoms with Crippen LogP contribution in [0.25, 0.3) is 0 Å². The maximum Gasteiger partial charge on any atom is 0.247 e. The van der Waals surface area contributed by atoms with Gasteiger partial charge < -0.3 is 15.2 Å². The molecule has 72 valence electrons. The first-order valence-corrected chi connectivity index (χ1v) is 4.88. The summed E-state index contributed by atoms with van der Waals surface area (Å²) in [6.45, 7) is 0. The smallest absolute Gasteiger partial charge is 0.247 e. The molecule has 13 heavy (non-hydrogen) atoms. The molecule has 2 unspecified atom stereocenters. The Hall–Kier alpha value is -0.650. The molecule has 0 bridgehead atoms. The molecule has 2 atom stereocenters. The van der Waals surface area contributed by atoms with Crippen LogP contribution in [0.2, 0.25) is 0 Å². The van der Waals surface area contributed by atoms with Crippen molar-refractivity contribution in [3.8, 4) is 0 Å². The number of nitrogens with one attached hydrogen (secondary N) is 1. The molecule has 0 spiro atoms. The fourth-order valence-electron chi connectivity index (χ4n) is 0.913. The Balaban J connectivity index is 2.83. The summed E-state index contributed by atoms with van der Waals surface area (Å²) in [5.74, 6) is 0. The Morgan fingerprint density at radius 3 is 2.62 bits per heavy atom. The molecule has 0 amide bonds. The number of aliphatic hydroxyl groups is 2. The average molecular weight is 248 g/mol. The molecule has 1 rings (SSSR count). The molecule has 1 heterocycles. The summed E-state index contributed by atoms with van der Waals surface area (Å²) in [5.41, 5.74) is 0.260. The second kappa shape index (κ2) is 4.55. The molecule has 4 nitrogen and oxygen atoms in total. The van der Waals surface area contributed by atoms with Crippen molar-refractivity contribution in [2.24, 2.45) is 0 Å². The zero-order valence-electron chi connectivity index (χ0n) is 6.77. The Bertz CT molecular complexity index is 305. The van der Waals surface area contributed by atoms with Crippen LogP contribution in [0.15, 0.2) is 23.1 Å². The van der Waals surface area contributed by atoms with Crippen LogP contribution in [0, 0.1) is 0 Å². The van der Waals surface area contributed by atoms with Crippen LogP contribution in [-0.2, 0) is 0 Å². The molecule has 3 N–H and O–H groups in total. The van der Waals surface area contributed by atoms with Gasteiger partial charge in [0.05, 0.1) is 6.10 Å². The van der Waals surface area contributed by atoms with Gasteiger partial charge in [0.15, 0.2) is 0 Å². The van der Waals surface area contributed by atoms with Gasteiger partial charge in [-0.15, -0.1) is 0 Å². The van der Waals surface area contributed by atoms with E-state index in [1.807, 2.05) is 0 Å². The number of H-pyrrole nitrogens is 1. The largest absolute Gasteiger partial charge is 0.389 e. The number of halogens is 1. The molecule has 0 aliphatic rings. The fourth-order valence-corrected chi connectivity index (χ4v) is 1.27. The van der Waals surface area contributed by atoms with Crippen LogP contribution in [-0.4, -0.2) is 26.6 Å². The zero-order valence-corrected chi connectivity index (χ0v) is 8.36. The predicted molar refractivity (Wildman–Crippen MR) is 51.8 cm³/mol. The summed E-state index contributed by atoms with van der Waals surface area (Å²) in [6, 6.07) is 2.79. The van der Waals surface area contributed by atoms with E-state index in [0.29, 0.717) is 5.56 Å². The number of hydrogen-bond donors (Lipinski definition) is 3. The van der Waals surface area contributed by atoms with E-state index in [-0.39, 0.29) is 10.9 Å². The standard InChI is InChI=1S/C8H10BrNO3/c9-3-6(11)8(13)5-1-2-7(12)10-4-5/h1-2,4,6,8,11,13H,3H2,(H,10,12). The van der Waals surface area contributed by atoms with Gasteiger partial charge in [-0.05, 0) is 11.6 Å². The molecule has 0 radical (unpaired) electrons. The van der Waals surface area contributed by atoms with Crippen molar-refractivity contribution in [3.05, 3.63) is 34.2 Å². The van der Waals surface area contributed by atoms with E-state index in [0.717, 1.165) is 0 Å². The first kappa shape index (κ1) is 10.4. The highest BCUT2D eigenvalue weighted by Crippen LogP contribution is 2.15. The van der Waals surface area contributed by atoms with Gasteiger partial charge in [0, 0.05) is 17.6 Å². The van der Waals surface area contributed by atoms with Crippen LogP contribution >= 0.6 is 15.9 Å². The van der Waals surface area contributed by atoms with Crippen molar-refractivity contribution in [3.63, 3.8) is 0 Å². The van der Waals surface area contributed by atoms with E-state index >= 15 is 0 Å². The summed E-state index contributed by atoms with van der Waals surface area (Å²) in [5, 5.41) is 19.0. The number of aromatic nitrogens is 1. The van der Waals surface area contributed by atoms with E-state index in [4.69, 9.17) is 0 Å². The number of alkyl halides is 1. The lowest BCUT2D eigenvalue weighted by atomic mass is 10.1. The highest BCUT2D eigenvalue weighted by atomic mass is 79.9. The molecule has 0 fully saturated rings. The van der Waals surface area contributed by atoms with Crippen molar-refractivity contribution in [2.45, 2.75) is 12.2 Å². The third-order valence-corrected chi connectivity index (χ3v) is 2.34. The quantitative estimate of drug-likeness (QED) is 0.667. The fraction of sp³-hybridized carbons (Fsp3) is 0.375. The van der Waals surface area contributed by atoms with Gasteiger partial charge in [0.25, 0.3) is 0 Å². The van der Waals surface area contributed by atoms with Gasteiger partial charge in [0.1, 0.15) is 6.10 Å².